The molecule has 0 bridgehead atoms. The van der Waals surface area contributed by atoms with Crippen LogP contribution >= 0.6 is 0 Å². The third-order valence-electron chi connectivity index (χ3n) is 5.13. The first-order valence-electron chi connectivity index (χ1n) is 10.3. The lowest BCUT2D eigenvalue weighted by molar-refractivity contribution is -0.138. The number of benzene rings is 3. The summed E-state index contributed by atoms with van der Waals surface area (Å²) in [6.45, 7) is 0.276. The van der Waals surface area contributed by atoms with E-state index in [0.717, 1.165) is 11.6 Å². The number of rotatable bonds is 7. The predicted molar refractivity (Wildman–Crippen MR) is 120 cm³/mol. The molecule has 0 aliphatic heterocycles. The number of aliphatic carboxylic acids is 1. The Bertz CT molecular complexity index is 1300. The molecule has 0 aliphatic rings. The molecule has 1 heterocycles. The number of nitrogens with zero attached hydrogens (tertiary/aromatic N) is 3. The van der Waals surface area contributed by atoms with E-state index >= 15 is 0 Å². The monoisotopic (exact) mass is 467 g/mol. The van der Waals surface area contributed by atoms with E-state index in [9.17, 15) is 18.0 Å². The van der Waals surface area contributed by atoms with Crippen LogP contribution in [0.15, 0.2) is 77.3 Å². The minimum Gasteiger partial charge on any atom is -0.480 e. The largest absolute Gasteiger partial charge is 0.480 e. The lowest BCUT2D eigenvalue weighted by atomic mass is 9.97. The Labute approximate surface area is 193 Å². The van der Waals surface area contributed by atoms with Crippen molar-refractivity contribution in [3.05, 3.63) is 83.9 Å². The Morgan fingerprint density at radius 1 is 0.971 bits per heavy atom. The smallest absolute Gasteiger partial charge is 0.417 e. The Morgan fingerprint density at radius 3 is 2.41 bits per heavy atom. The Morgan fingerprint density at radius 2 is 1.71 bits per heavy atom. The summed E-state index contributed by atoms with van der Waals surface area (Å²) in [6, 6.07) is 19.4. The maximum absolute atomic E-state index is 13.8. The van der Waals surface area contributed by atoms with Gasteiger partial charge in [-0.25, -0.2) is 0 Å². The molecule has 1 N–H and O–H groups in total. The molecule has 6 nitrogen and oxygen atoms in total. The SMILES string of the molecule is CN(CC(=O)O)Cc1cccc(-c2noc(-c3ccc(-c4ccccc4)c(C(F)(F)F)c3)n2)c1. The van der Waals surface area contributed by atoms with Crippen LogP contribution < -0.4 is 0 Å². The number of aromatic nitrogens is 2. The van der Waals surface area contributed by atoms with Gasteiger partial charge < -0.3 is 9.63 Å². The van der Waals surface area contributed by atoms with Gasteiger partial charge in [0.2, 0.25) is 5.82 Å². The molecule has 34 heavy (non-hydrogen) atoms. The molecule has 0 saturated carbocycles. The molecule has 0 atom stereocenters. The van der Waals surface area contributed by atoms with Crippen LogP contribution in [0, 0.1) is 0 Å². The van der Waals surface area contributed by atoms with Crippen molar-refractivity contribution in [1.82, 2.24) is 15.0 Å². The van der Waals surface area contributed by atoms with Crippen LogP contribution in [0.3, 0.4) is 0 Å². The third-order valence-corrected chi connectivity index (χ3v) is 5.13. The van der Waals surface area contributed by atoms with Gasteiger partial charge in [-0.15, -0.1) is 0 Å². The fourth-order valence-electron chi connectivity index (χ4n) is 3.65. The number of likely N-dealkylation sites (N-methyl/N-ethyl adjacent to an activating group) is 1. The molecular formula is C25H20F3N3O3. The minimum absolute atomic E-state index is 0.0338. The summed E-state index contributed by atoms with van der Waals surface area (Å²) in [6.07, 6.45) is -4.57. The van der Waals surface area contributed by atoms with Crippen LogP contribution in [0.1, 0.15) is 11.1 Å². The first-order chi connectivity index (χ1) is 16.2. The summed E-state index contributed by atoms with van der Waals surface area (Å²) >= 11 is 0. The third kappa shape index (κ3) is 5.32. The summed E-state index contributed by atoms with van der Waals surface area (Å²) in [5.41, 5.74) is 1.32. The zero-order valence-corrected chi connectivity index (χ0v) is 18.1. The van der Waals surface area contributed by atoms with Crippen molar-refractivity contribution in [2.24, 2.45) is 0 Å². The number of alkyl halides is 3. The van der Waals surface area contributed by atoms with Gasteiger partial charge in [0.25, 0.3) is 5.89 Å². The van der Waals surface area contributed by atoms with Crippen LogP contribution in [-0.4, -0.2) is 39.7 Å². The lowest BCUT2D eigenvalue weighted by Gasteiger charge is -2.14. The molecule has 4 rings (SSSR count). The Hall–Kier alpha value is -3.98. The van der Waals surface area contributed by atoms with Gasteiger partial charge in [-0.2, -0.15) is 18.2 Å². The van der Waals surface area contributed by atoms with Crippen LogP contribution in [0.4, 0.5) is 13.2 Å². The molecule has 0 saturated heterocycles. The van der Waals surface area contributed by atoms with E-state index < -0.39 is 17.7 Å². The average molecular weight is 467 g/mol. The summed E-state index contributed by atoms with van der Waals surface area (Å²) in [5.74, 6) is -0.745. The molecular weight excluding hydrogens is 447 g/mol. The number of carbonyl (C=O) groups is 1. The van der Waals surface area contributed by atoms with Crippen molar-refractivity contribution in [3.63, 3.8) is 0 Å². The van der Waals surface area contributed by atoms with Crippen LogP contribution in [0.2, 0.25) is 0 Å². The zero-order chi connectivity index (χ0) is 24.3. The van der Waals surface area contributed by atoms with Gasteiger partial charge in [0.1, 0.15) is 0 Å². The zero-order valence-electron chi connectivity index (χ0n) is 18.1. The Balaban J connectivity index is 1.64. The van der Waals surface area contributed by atoms with Gasteiger partial charge in [-0.1, -0.05) is 59.8 Å². The number of carboxylic acids is 1. The molecule has 0 aliphatic carbocycles. The van der Waals surface area contributed by atoms with Crippen molar-refractivity contribution >= 4 is 5.97 Å². The number of halogens is 3. The fourth-order valence-corrected chi connectivity index (χ4v) is 3.65. The topological polar surface area (TPSA) is 79.5 Å². The van der Waals surface area contributed by atoms with E-state index in [4.69, 9.17) is 9.63 Å². The van der Waals surface area contributed by atoms with Crippen molar-refractivity contribution < 1.29 is 27.6 Å². The first kappa shape index (κ1) is 23.2. The van der Waals surface area contributed by atoms with Crippen LogP contribution in [0.5, 0.6) is 0 Å². The van der Waals surface area contributed by atoms with E-state index in [2.05, 4.69) is 10.1 Å². The fraction of sp³-hybridized carbons (Fsp3) is 0.160. The Kier molecular flexibility index (Phi) is 6.47. The predicted octanol–water partition coefficient (Wildman–Crippen LogP) is 5.61. The minimum atomic E-state index is -4.57. The molecule has 0 amide bonds. The summed E-state index contributed by atoms with van der Waals surface area (Å²) < 4.78 is 46.7. The van der Waals surface area contributed by atoms with E-state index in [-0.39, 0.29) is 29.4 Å². The molecule has 9 heteroatoms. The summed E-state index contributed by atoms with van der Waals surface area (Å²) in [5, 5.41) is 12.8. The van der Waals surface area contributed by atoms with E-state index in [1.807, 2.05) is 6.07 Å². The summed E-state index contributed by atoms with van der Waals surface area (Å²) in [4.78, 5) is 16.8. The van der Waals surface area contributed by atoms with E-state index in [1.54, 1.807) is 60.5 Å². The standard InChI is InChI=1S/C25H20F3N3O3/c1-31(15-22(32)33)14-16-6-5-9-18(12-16)23-29-24(34-30-23)19-10-11-20(17-7-3-2-4-8-17)21(13-19)25(26,27)28/h2-13H,14-15H2,1H3,(H,32,33). The van der Waals surface area contributed by atoms with E-state index in [1.165, 1.54) is 12.1 Å². The van der Waals surface area contributed by atoms with Crippen molar-refractivity contribution in [1.29, 1.82) is 0 Å². The number of carboxylic acid groups (broad SMARTS) is 1. The van der Waals surface area contributed by atoms with Gasteiger partial charge in [0, 0.05) is 17.7 Å². The van der Waals surface area contributed by atoms with E-state index in [0.29, 0.717) is 17.7 Å². The first-order valence-corrected chi connectivity index (χ1v) is 10.3. The van der Waals surface area contributed by atoms with Gasteiger partial charge in [-0.05, 0) is 41.9 Å². The van der Waals surface area contributed by atoms with Crippen molar-refractivity contribution in [3.8, 4) is 34.0 Å². The van der Waals surface area contributed by atoms with Crippen LogP contribution in [-0.2, 0) is 17.5 Å². The molecule has 3 aromatic carbocycles. The highest BCUT2D eigenvalue weighted by molar-refractivity contribution is 5.72. The average Bonchev–Trinajstić information content (AvgIpc) is 3.29. The second kappa shape index (κ2) is 9.48. The van der Waals surface area contributed by atoms with Crippen LogP contribution in [0.25, 0.3) is 34.0 Å². The number of hydrogen-bond acceptors (Lipinski definition) is 5. The van der Waals surface area contributed by atoms with Gasteiger partial charge in [0.15, 0.2) is 0 Å². The molecule has 0 radical (unpaired) electrons. The molecule has 0 spiro atoms. The van der Waals surface area contributed by atoms with Crippen molar-refractivity contribution in [2.45, 2.75) is 12.7 Å². The molecule has 0 fully saturated rings. The maximum atomic E-state index is 13.8. The van der Waals surface area contributed by atoms with Gasteiger partial charge in [-0.3, -0.25) is 9.69 Å². The maximum Gasteiger partial charge on any atom is 0.417 e. The highest BCUT2D eigenvalue weighted by Gasteiger charge is 2.34. The highest BCUT2D eigenvalue weighted by atomic mass is 19.4. The van der Waals surface area contributed by atoms with Gasteiger partial charge >= 0.3 is 12.1 Å². The second-order valence-corrected chi connectivity index (χ2v) is 7.81. The number of hydrogen-bond donors (Lipinski definition) is 1. The quantitative estimate of drug-likeness (QED) is 0.381. The lowest BCUT2D eigenvalue weighted by Crippen LogP contribution is -2.25. The second-order valence-electron chi connectivity index (χ2n) is 7.81. The van der Waals surface area contributed by atoms with Crippen molar-refractivity contribution in [2.75, 3.05) is 13.6 Å². The summed E-state index contributed by atoms with van der Waals surface area (Å²) in [7, 11) is 1.69. The highest BCUT2D eigenvalue weighted by Crippen LogP contribution is 2.39. The molecule has 0 unspecified atom stereocenters. The normalized spacial score (nSPS) is 11.7. The molecule has 1 aromatic heterocycles. The molecule has 4 aromatic rings. The van der Waals surface area contributed by atoms with Gasteiger partial charge in [0.05, 0.1) is 12.1 Å². The molecule has 174 valence electrons.